The monoisotopic (exact) mass is 314 g/mol. The lowest BCUT2D eigenvalue weighted by Gasteiger charge is -2.15. The molecule has 2 aromatic heterocycles. The number of likely N-dealkylation sites (tertiary alicyclic amines) is 1. The SMILES string of the molecule is O=C(Cn1c(=O)oc2ccccc21)N1CC[C@H](c2ncon2)C1. The molecule has 3 heterocycles. The van der Waals surface area contributed by atoms with Gasteiger partial charge in [-0.15, -0.1) is 0 Å². The van der Waals surface area contributed by atoms with E-state index < -0.39 is 5.76 Å². The zero-order valence-electron chi connectivity index (χ0n) is 12.2. The molecule has 8 heteroatoms. The van der Waals surface area contributed by atoms with Crippen molar-refractivity contribution in [1.82, 2.24) is 19.6 Å². The van der Waals surface area contributed by atoms with Crippen LogP contribution in [0.5, 0.6) is 0 Å². The van der Waals surface area contributed by atoms with Crippen LogP contribution < -0.4 is 5.76 Å². The van der Waals surface area contributed by atoms with Crippen molar-refractivity contribution in [3.8, 4) is 0 Å². The number of hydrogen-bond acceptors (Lipinski definition) is 6. The van der Waals surface area contributed by atoms with Crippen LogP contribution in [0.2, 0.25) is 0 Å². The Labute approximate surface area is 130 Å². The number of carbonyl (C=O) groups is 1. The molecule has 0 bridgehead atoms. The molecule has 1 amide bonds. The molecular weight excluding hydrogens is 300 g/mol. The highest BCUT2D eigenvalue weighted by molar-refractivity contribution is 5.79. The summed E-state index contributed by atoms with van der Waals surface area (Å²) in [7, 11) is 0. The third-order valence-corrected chi connectivity index (χ3v) is 4.15. The van der Waals surface area contributed by atoms with Crippen LogP contribution in [0.3, 0.4) is 0 Å². The number of aromatic nitrogens is 3. The number of benzene rings is 1. The minimum atomic E-state index is -0.520. The molecule has 1 fully saturated rings. The average Bonchev–Trinajstić information content (AvgIpc) is 3.27. The summed E-state index contributed by atoms with van der Waals surface area (Å²) in [6.45, 7) is 1.11. The Morgan fingerprint density at radius 2 is 2.22 bits per heavy atom. The first-order valence-corrected chi connectivity index (χ1v) is 7.35. The van der Waals surface area contributed by atoms with Crippen LogP contribution in [-0.4, -0.2) is 38.6 Å². The summed E-state index contributed by atoms with van der Waals surface area (Å²) < 4.78 is 11.3. The third kappa shape index (κ3) is 2.41. The molecule has 1 aliphatic heterocycles. The van der Waals surface area contributed by atoms with Crippen molar-refractivity contribution in [2.24, 2.45) is 0 Å². The maximum atomic E-state index is 12.5. The van der Waals surface area contributed by atoms with Gasteiger partial charge in [0.25, 0.3) is 0 Å². The lowest BCUT2D eigenvalue weighted by molar-refractivity contribution is -0.130. The molecule has 0 aliphatic carbocycles. The maximum Gasteiger partial charge on any atom is 0.420 e. The fourth-order valence-electron chi connectivity index (χ4n) is 2.96. The van der Waals surface area contributed by atoms with Gasteiger partial charge in [0.15, 0.2) is 11.4 Å². The van der Waals surface area contributed by atoms with E-state index >= 15 is 0 Å². The van der Waals surface area contributed by atoms with Crippen molar-refractivity contribution in [3.63, 3.8) is 0 Å². The summed E-state index contributed by atoms with van der Waals surface area (Å²) in [5.74, 6) is 0.0554. The first-order chi connectivity index (χ1) is 11.2. The quantitative estimate of drug-likeness (QED) is 0.715. The van der Waals surface area contributed by atoms with Gasteiger partial charge < -0.3 is 13.8 Å². The summed E-state index contributed by atoms with van der Waals surface area (Å²) in [6.07, 6.45) is 2.07. The highest BCUT2D eigenvalue weighted by Crippen LogP contribution is 2.24. The van der Waals surface area contributed by atoms with Crippen LogP contribution in [-0.2, 0) is 11.3 Å². The number of amides is 1. The van der Waals surface area contributed by atoms with Crippen molar-refractivity contribution >= 4 is 17.0 Å². The van der Waals surface area contributed by atoms with E-state index in [0.29, 0.717) is 30.0 Å². The van der Waals surface area contributed by atoms with Gasteiger partial charge in [-0.2, -0.15) is 4.98 Å². The van der Waals surface area contributed by atoms with Crippen molar-refractivity contribution in [2.75, 3.05) is 13.1 Å². The highest BCUT2D eigenvalue weighted by Gasteiger charge is 2.30. The molecule has 0 saturated carbocycles. The Hall–Kier alpha value is -2.90. The summed E-state index contributed by atoms with van der Waals surface area (Å²) in [4.78, 5) is 30.2. The van der Waals surface area contributed by atoms with Crippen LogP contribution >= 0.6 is 0 Å². The molecule has 1 aliphatic rings. The number of fused-ring (bicyclic) bond motifs is 1. The van der Waals surface area contributed by atoms with Gasteiger partial charge in [-0.1, -0.05) is 17.3 Å². The fourth-order valence-corrected chi connectivity index (χ4v) is 2.96. The largest absolute Gasteiger partial charge is 0.420 e. The number of para-hydroxylation sites is 2. The maximum absolute atomic E-state index is 12.5. The zero-order valence-corrected chi connectivity index (χ0v) is 12.2. The predicted octanol–water partition coefficient (Wildman–Crippen LogP) is 0.994. The summed E-state index contributed by atoms with van der Waals surface area (Å²) in [5.41, 5.74) is 1.11. The van der Waals surface area contributed by atoms with Gasteiger partial charge in [0.2, 0.25) is 12.3 Å². The normalized spacial score (nSPS) is 17.9. The molecule has 118 valence electrons. The van der Waals surface area contributed by atoms with Gasteiger partial charge in [0, 0.05) is 19.0 Å². The van der Waals surface area contributed by atoms with Gasteiger partial charge in [-0.3, -0.25) is 9.36 Å². The van der Waals surface area contributed by atoms with E-state index in [1.807, 2.05) is 0 Å². The number of hydrogen-bond donors (Lipinski definition) is 0. The molecule has 23 heavy (non-hydrogen) atoms. The van der Waals surface area contributed by atoms with Gasteiger partial charge in [-0.05, 0) is 18.6 Å². The second kappa shape index (κ2) is 5.38. The molecule has 1 atom stereocenters. The highest BCUT2D eigenvalue weighted by atomic mass is 16.5. The molecule has 8 nitrogen and oxygen atoms in total. The number of oxazole rings is 1. The van der Waals surface area contributed by atoms with Crippen LogP contribution in [0.1, 0.15) is 18.2 Å². The first kappa shape index (κ1) is 13.7. The van der Waals surface area contributed by atoms with E-state index in [0.717, 1.165) is 6.42 Å². The van der Waals surface area contributed by atoms with E-state index in [-0.39, 0.29) is 18.4 Å². The number of rotatable bonds is 3. The molecule has 4 rings (SSSR count). The Bertz CT molecular complexity index is 896. The van der Waals surface area contributed by atoms with Gasteiger partial charge >= 0.3 is 5.76 Å². The van der Waals surface area contributed by atoms with Crippen molar-refractivity contribution < 1.29 is 13.7 Å². The van der Waals surface area contributed by atoms with Crippen molar-refractivity contribution in [2.45, 2.75) is 18.9 Å². The van der Waals surface area contributed by atoms with Crippen LogP contribution in [0.25, 0.3) is 11.1 Å². The minimum absolute atomic E-state index is 0.0329. The number of carbonyl (C=O) groups excluding carboxylic acids is 1. The Morgan fingerprint density at radius 3 is 3.04 bits per heavy atom. The summed E-state index contributed by atoms with van der Waals surface area (Å²) in [5, 5.41) is 3.83. The van der Waals surface area contributed by atoms with Gasteiger partial charge in [-0.25, -0.2) is 4.79 Å². The van der Waals surface area contributed by atoms with Gasteiger partial charge in [0.05, 0.1) is 5.52 Å². The molecule has 0 N–H and O–H groups in total. The molecule has 0 unspecified atom stereocenters. The molecular formula is C15H14N4O4. The van der Waals surface area contributed by atoms with E-state index in [1.54, 1.807) is 29.2 Å². The Balaban J connectivity index is 1.52. The van der Waals surface area contributed by atoms with Crippen molar-refractivity contribution in [3.05, 3.63) is 47.0 Å². The fraction of sp³-hybridized carbons (Fsp3) is 0.333. The second-order valence-electron chi connectivity index (χ2n) is 5.54. The Kier molecular flexibility index (Phi) is 3.22. The zero-order chi connectivity index (χ0) is 15.8. The van der Waals surface area contributed by atoms with E-state index in [2.05, 4.69) is 10.1 Å². The standard InChI is InChI=1S/C15H14N4O4/c20-13(18-6-5-10(7-18)14-16-9-22-17-14)8-19-11-3-1-2-4-12(11)23-15(19)21/h1-4,9-10H,5-8H2/t10-/m0/s1. The van der Waals surface area contributed by atoms with Crippen LogP contribution in [0.4, 0.5) is 0 Å². The topological polar surface area (TPSA) is 94.4 Å². The second-order valence-corrected chi connectivity index (χ2v) is 5.54. The smallest absolute Gasteiger partial charge is 0.408 e. The Morgan fingerprint density at radius 1 is 1.35 bits per heavy atom. The van der Waals surface area contributed by atoms with Crippen LogP contribution in [0.15, 0.2) is 44.4 Å². The third-order valence-electron chi connectivity index (χ3n) is 4.15. The molecule has 0 spiro atoms. The lowest BCUT2D eigenvalue weighted by Crippen LogP contribution is -2.34. The molecule has 1 aromatic carbocycles. The first-order valence-electron chi connectivity index (χ1n) is 7.35. The molecule has 3 aromatic rings. The van der Waals surface area contributed by atoms with E-state index in [9.17, 15) is 9.59 Å². The van der Waals surface area contributed by atoms with E-state index in [1.165, 1.54) is 11.0 Å². The van der Waals surface area contributed by atoms with E-state index in [4.69, 9.17) is 8.94 Å². The van der Waals surface area contributed by atoms with Crippen LogP contribution in [0, 0.1) is 0 Å². The molecule has 0 radical (unpaired) electrons. The summed E-state index contributed by atoms with van der Waals surface area (Å²) >= 11 is 0. The number of nitrogens with zero attached hydrogens (tertiary/aromatic N) is 4. The van der Waals surface area contributed by atoms with Crippen molar-refractivity contribution in [1.29, 1.82) is 0 Å². The lowest BCUT2D eigenvalue weighted by atomic mass is 10.1. The predicted molar refractivity (Wildman–Crippen MR) is 78.7 cm³/mol. The van der Waals surface area contributed by atoms with Gasteiger partial charge in [0.1, 0.15) is 6.54 Å². The molecule has 1 saturated heterocycles. The summed E-state index contributed by atoms with van der Waals surface area (Å²) in [6, 6.07) is 7.06. The minimum Gasteiger partial charge on any atom is -0.408 e. The average molecular weight is 314 g/mol.